The normalized spacial score (nSPS) is 10.8. The maximum Gasteiger partial charge on any atom is 0.137 e. The van der Waals surface area contributed by atoms with Crippen LogP contribution >= 0.6 is 34.5 Å². The van der Waals surface area contributed by atoms with E-state index in [2.05, 4.69) is 14.9 Å². The topological polar surface area (TPSA) is 29.0 Å². The second kappa shape index (κ2) is 6.07. The van der Waals surface area contributed by atoms with Gasteiger partial charge in [0.1, 0.15) is 16.8 Å². The molecule has 2 rings (SSSR count). The van der Waals surface area contributed by atoms with Crippen molar-refractivity contribution >= 4 is 40.4 Å². The quantitative estimate of drug-likeness (QED) is 0.785. The van der Waals surface area contributed by atoms with Crippen molar-refractivity contribution in [3.05, 3.63) is 37.9 Å². The van der Waals surface area contributed by atoms with E-state index in [0.29, 0.717) is 5.15 Å². The van der Waals surface area contributed by atoms with Crippen molar-refractivity contribution in [2.75, 3.05) is 11.9 Å². The summed E-state index contributed by atoms with van der Waals surface area (Å²) in [4.78, 5) is 12.1. The van der Waals surface area contributed by atoms with Gasteiger partial charge in [-0.2, -0.15) is 0 Å². The Bertz CT molecular complexity index is 583. The first-order valence-corrected chi connectivity index (χ1v) is 7.57. The maximum absolute atomic E-state index is 6.15. The van der Waals surface area contributed by atoms with Crippen LogP contribution in [0.4, 0.5) is 5.82 Å². The van der Waals surface area contributed by atoms with Crippen LogP contribution in [-0.4, -0.2) is 17.0 Å². The molecule has 19 heavy (non-hydrogen) atoms. The Morgan fingerprint density at radius 1 is 1.26 bits per heavy atom. The average molecular weight is 316 g/mol. The molecule has 2 aromatic heterocycles. The number of rotatable bonds is 4. The van der Waals surface area contributed by atoms with E-state index in [1.165, 1.54) is 4.88 Å². The summed E-state index contributed by atoms with van der Waals surface area (Å²) in [6.07, 6.45) is 0.770. The molecule has 6 heteroatoms. The molecule has 0 atom stereocenters. The number of hydrogen-bond donors (Lipinski definition) is 0. The Hall–Kier alpha value is -0.840. The van der Waals surface area contributed by atoms with Gasteiger partial charge in [0, 0.05) is 23.9 Å². The van der Waals surface area contributed by atoms with E-state index in [-0.39, 0.29) is 0 Å². The van der Waals surface area contributed by atoms with Crippen LogP contribution in [0, 0.1) is 6.92 Å². The van der Waals surface area contributed by atoms with E-state index in [1.54, 1.807) is 11.3 Å². The molecule has 2 aromatic rings. The minimum atomic E-state index is 0.526. The SMILES string of the molecule is CCc1nc(Cl)c(C)c(N(C)Cc2ccc(Cl)s2)n1. The lowest BCUT2D eigenvalue weighted by molar-refractivity contribution is 0.856. The summed E-state index contributed by atoms with van der Waals surface area (Å²) >= 11 is 13.7. The highest BCUT2D eigenvalue weighted by Gasteiger charge is 2.13. The average Bonchev–Trinajstić information content (AvgIpc) is 2.77. The van der Waals surface area contributed by atoms with Gasteiger partial charge in [0.2, 0.25) is 0 Å². The Morgan fingerprint density at radius 3 is 2.58 bits per heavy atom. The van der Waals surface area contributed by atoms with Crippen LogP contribution in [0.5, 0.6) is 0 Å². The van der Waals surface area contributed by atoms with Crippen LogP contribution in [0.2, 0.25) is 9.49 Å². The molecule has 0 aliphatic rings. The third-order valence-electron chi connectivity index (χ3n) is 2.81. The Morgan fingerprint density at radius 2 is 2.00 bits per heavy atom. The number of anilines is 1. The minimum Gasteiger partial charge on any atom is -0.354 e. The molecule has 0 amide bonds. The molecule has 2 heterocycles. The monoisotopic (exact) mass is 315 g/mol. The third kappa shape index (κ3) is 3.38. The van der Waals surface area contributed by atoms with E-state index < -0.39 is 0 Å². The molecule has 102 valence electrons. The molecule has 0 aromatic carbocycles. The van der Waals surface area contributed by atoms with Crippen LogP contribution in [-0.2, 0) is 13.0 Å². The molecule has 0 unspecified atom stereocenters. The first kappa shape index (κ1) is 14.6. The molecule has 0 spiro atoms. The molecule has 0 bridgehead atoms. The third-order valence-corrected chi connectivity index (χ3v) is 4.39. The van der Waals surface area contributed by atoms with Gasteiger partial charge in [0.05, 0.1) is 10.9 Å². The van der Waals surface area contributed by atoms with Crippen molar-refractivity contribution in [3.63, 3.8) is 0 Å². The van der Waals surface area contributed by atoms with E-state index in [4.69, 9.17) is 23.2 Å². The largest absolute Gasteiger partial charge is 0.354 e. The molecule has 0 aliphatic heterocycles. The summed E-state index contributed by atoms with van der Waals surface area (Å²) in [6, 6.07) is 3.94. The fourth-order valence-electron chi connectivity index (χ4n) is 1.80. The van der Waals surface area contributed by atoms with E-state index >= 15 is 0 Å². The summed E-state index contributed by atoms with van der Waals surface area (Å²) in [7, 11) is 2.00. The zero-order valence-electron chi connectivity index (χ0n) is 11.1. The van der Waals surface area contributed by atoms with Gasteiger partial charge in [0.25, 0.3) is 0 Å². The minimum absolute atomic E-state index is 0.526. The summed E-state index contributed by atoms with van der Waals surface area (Å²) in [5, 5.41) is 0.526. The Balaban J connectivity index is 2.27. The molecule has 0 N–H and O–H groups in total. The van der Waals surface area contributed by atoms with Gasteiger partial charge < -0.3 is 4.90 Å². The van der Waals surface area contributed by atoms with Crippen molar-refractivity contribution in [2.45, 2.75) is 26.8 Å². The van der Waals surface area contributed by atoms with Gasteiger partial charge in [0.15, 0.2) is 0 Å². The Labute approximate surface area is 127 Å². The summed E-state index contributed by atoms with van der Waals surface area (Å²) in [6.45, 7) is 4.72. The lowest BCUT2D eigenvalue weighted by Crippen LogP contribution is -2.19. The molecule has 0 saturated heterocycles. The molecule has 0 saturated carbocycles. The number of hydrogen-bond acceptors (Lipinski definition) is 4. The summed E-state index contributed by atoms with van der Waals surface area (Å²) in [5.74, 6) is 1.64. The van der Waals surface area contributed by atoms with E-state index in [1.807, 2.05) is 33.0 Å². The molecular weight excluding hydrogens is 301 g/mol. The van der Waals surface area contributed by atoms with Gasteiger partial charge >= 0.3 is 0 Å². The van der Waals surface area contributed by atoms with Gasteiger partial charge in [-0.3, -0.25) is 0 Å². The van der Waals surface area contributed by atoms with Crippen molar-refractivity contribution < 1.29 is 0 Å². The Kier molecular flexibility index (Phi) is 4.66. The molecule has 0 fully saturated rings. The fourth-order valence-corrected chi connectivity index (χ4v) is 3.12. The lowest BCUT2D eigenvalue weighted by atomic mass is 10.3. The summed E-state index contributed by atoms with van der Waals surface area (Å²) < 4.78 is 0.801. The van der Waals surface area contributed by atoms with Crippen molar-refractivity contribution in [1.82, 2.24) is 9.97 Å². The maximum atomic E-state index is 6.15. The number of nitrogens with zero attached hydrogens (tertiary/aromatic N) is 3. The van der Waals surface area contributed by atoms with Crippen LogP contribution in [0.3, 0.4) is 0 Å². The van der Waals surface area contributed by atoms with Crippen LogP contribution in [0.1, 0.15) is 23.2 Å². The van der Waals surface area contributed by atoms with Gasteiger partial charge in [-0.25, -0.2) is 9.97 Å². The number of aryl methyl sites for hydroxylation is 1. The zero-order chi connectivity index (χ0) is 14.0. The zero-order valence-corrected chi connectivity index (χ0v) is 13.4. The predicted molar refractivity (Wildman–Crippen MR) is 82.6 cm³/mol. The van der Waals surface area contributed by atoms with Gasteiger partial charge in [-0.05, 0) is 19.1 Å². The van der Waals surface area contributed by atoms with Crippen LogP contribution < -0.4 is 4.90 Å². The summed E-state index contributed by atoms with van der Waals surface area (Å²) in [5.41, 5.74) is 0.906. The van der Waals surface area contributed by atoms with Crippen molar-refractivity contribution in [3.8, 4) is 0 Å². The highest BCUT2D eigenvalue weighted by molar-refractivity contribution is 7.16. The molecule has 0 radical (unpaired) electrons. The van der Waals surface area contributed by atoms with E-state index in [9.17, 15) is 0 Å². The number of aromatic nitrogens is 2. The highest BCUT2D eigenvalue weighted by Crippen LogP contribution is 2.27. The first-order chi connectivity index (χ1) is 9.01. The standard InChI is InChI=1S/C13H15Cl2N3S/c1-4-11-16-12(15)8(2)13(17-11)18(3)7-9-5-6-10(14)19-9/h5-6H,4,7H2,1-3H3. The lowest BCUT2D eigenvalue weighted by Gasteiger charge is -2.20. The fraction of sp³-hybridized carbons (Fsp3) is 0.385. The molecular formula is C13H15Cl2N3S. The number of thiophene rings is 1. The second-order valence-corrected chi connectivity index (χ2v) is 6.45. The highest BCUT2D eigenvalue weighted by atomic mass is 35.5. The van der Waals surface area contributed by atoms with Crippen LogP contribution in [0.15, 0.2) is 12.1 Å². The number of halogens is 2. The van der Waals surface area contributed by atoms with E-state index in [0.717, 1.165) is 34.5 Å². The molecule has 3 nitrogen and oxygen atoms in total. The van der Waals surface area contributed by atoms with Crippen molar-refractivity contribution in [1.29, 1.82) is 0 Å². The van der Waals surface area contributed by atoms with Crippen LogP contribution in [0.25, 0.3) is 0 Å². The molecule has 0 aliphatic carbocycles. The second-order valence-electron chi connectivity index (χ2n) is 4.29. The predicted octanol–water partition coefficient (Wildman–Crippen LogP) is 4.35. The first-order valence-electron chi connectivity index (χ1n) is 5.99. The van der Waals surface area contributed by atoms with Gasteiger partial charge in [-0.15, -0.1) is 11.3 Å². The smallest absolute Gasteiger partial charge is 0.137 e. The van der Waals surface area contributed by atoms with Crippen molar-refractivity contribution in [2.24, 2.45) is 0 Å². The van der Waals surface area contributed by atoms with Gasteiger partial charge in [-0.1, -0.05) is 30.1 Å².